The second-order valence-electron chi connectivity index (χ2n) is 8.32. The maximum Gasteiger partial charge on any atom is 0.225 e. The minimum Gasteiger partial charge on any atom is -0.497 e. The maximum atomic E-state index is 13.3. The molecule has 1 amide bonds. The zero-order chi connectivity index (χ0) is 22.3. The van der Waals surface area contributed by atoms with Gasteiger partial charge in [0.2, 0.25) is 5.91 Å². The van der Waals surface area contributed by atoms with Gasteiger partial charge in [0, 0.05) is 37.1 Å². The van der Waals surface area contributed by atoms with E-state index in [4.69, 9.17) is 14.2 Å². The molecule has 0 radical (unpaired) electrons. The van der Waals surface area contributed by atoms with Crippen LogP contribution in [-0.2, 0) is 16.9 Å². The number of anilines is 1. The van der Waals surface area contributed by atoms with Crippen LogP contribution in [0.25, 0.3) is 5.69 Å². The van der Waals surface area contributed by atoms with Gasteiger partial charge in [0.15, 0.2) is 0 Å². The highest BCUT2D eigenvalue weighted by atomic mass is 16.5. The molecule has 3 aromatic rings. The van der Waals surface area contributed by atoms with Crippen LogP contribution in [0.5, 0.6) is 17.2 Å². The van der Waals surface area contributed by atoms with Crippen LogP contribution in [0.2, 0.25) is 0 Å². The summed E-state index contributed by atoms with van der Waals surface area (Å²) in [7, 11) is 4.92. The van der Waals surface area contributed by atoms with Crippen LogP contribution >= 0.6 is 0 Å². The van der Waals surface area contributed by atoms with Gasteiger partial charge in [-0.2, -0.15) is 0 Å². The number of methoxy groups -OCH3 is 3. The van der Waals surface area contributed by atoms with E-state index in [-0.39, 0.29) is 5.91 Å². The average Bonchev–Trinajstić information content (AvgIpc) is 3.32. The summed E-state index contributed by atoms with van der Waals surface area (Å²) in [5.74, 6) is 2.34. The van der Waals surface area contributed by atoms with Gasteiger partial charge in [-0.05, 0) is 48.4 Å². The van der Waals surface area contributed by atoms with Crippen molar-refractivity contribution in [2.75, 3.05) is 33.2 Å². The highest BCUT2D eigenvalue weighted by Gasteiger charge is 2.44. The quantitative estimate of drug-likeness (QED) is 0.660. The Balaban J connectivity index is 1.41. The molecule has 7 nitrogen and oxygen atoms in total. The van der Waals surface area contributed by atoms with Crippen molar-refractivity contribution in [3.8, 4) is 22.9 Å². The first-order chi connectivity index (χ1) is 15.5. The Hall–Kier alpha value is -3.61. The molecular weight excluding hydrogens is 406 g/mol. The van der Waals surface area contributed by atoms with E-state index in [0.29, 0.717) is 19.5 Å². The zero-order valence-corrected chi connectivity index (χ0v) is 18.6. The number of ether oxygens (including phenoxy) is 3. The minimum absolute atomic E-state index is 0.115. The van der Waals surface area contributed by atoms with Crippen molar-refractivity contribution in [3.05, 3.63) is 66.0 Å². The first-order valence-corrected chi connectivity index (χ1v) is 10.7. The Morgan fingerprint density at radius 3 is 2.41 bits per heavy atom. The SMILES string of the molecule is COc1cc(CN2CCC3(CC2=O)Nc2cc(OC)ccc2-n2cccc23)cc(OC)c1. The number of nitrogens with zero attached hydrogens (tertiary/aromatic N) is 2. The first-order valence-electron chi connectivity index (χ1n) is 10.7. The number of hydrogen-bond donors (Lipinski definition) is 1. The third-order valence-electron chi connectivity index (χ3n) is 6.48. The molecule has 2 aliphatic heterocycles. The minimum atomic E-state index is -0.442. The highest BCUT2D eigenvalue weighted by Crippen LogP contribution is 2.44. The summed E-state index contributed by atoms with van der Waals surface area (Å²) in [4.78, 5) is 15.2. The molecule has 0 saturated carbocycles. The molecule has 1 unspecified atom stereocenters. The third-order valence-corrected chi connectivity index (χ3v) is 6.48. The smallest absolute Gasteiger partial charge is 0.225 e. The van der Waals surface area contributed by atoms with Gasteiger partial charge in [-0.1, -0.05) is 0 Å². The van der Waals surface area contributed by atoms with Gasteiger partial charge in [-0.25, -0.2) is 0 Å². The van der Waals surface area contributed by atoms with Gasteiger partial charge in [-0.15, -0.1) is 0 Å². The topological polar surface area (TPSA) is 65.0 Å². The Kier molecular flexibility index (Phi) is 4.96. The van der Waals surface area contributed by atoms with Gasteiger partial charge < -0.3 is 29.0 Å². The van der Waals surface area contributed by atoms with Crippen molar-refractivity contribution >= 4 is 11.6 Å². The van der Waals surface area contributed by atoms with Crippen LogP contribution in [-0.4, -0.2) is 43.2 Å². The summed E-state index contributed by atoms with van der Waals surface area (Å²) in [6, 6.07) is 15.9. The Labute approximate surface area is 187 Å². The van der Waals surface area contributed by atoms with Crippen molar-refractivity contribution in [2.45, 2.75) is 24.9 Å². The van der Waals surface area contributed by atoms with Crippen molar-refractivity contribution in [1.29, 1.82) is 0 Å². The van der Waals surface area contributed by atoms with E-state index in [1.165, 1.54) is 0 Å². The standard InChI is InChI=1S/C25H27N3O4/c1-30-18-6-7-22-21(14-18)26-25(23-5-4-9-28(22)23)8-10-27(24(29)15-25)16-17-11-19(31-2)13-20(12-17)32-3/h4-7,9,11-14,26H,8,10,15-16H2,1-3H3. The summed E-state index contributed by atoms with van der Waals surface area (Å²) in [5, 5.41) is 3.69. The summed E-state index contributed by atoms with van der Waals surface area (Å²) in [6.07, 6.45) is 3.25. The molecular formula is C25H27N3O4. The van der Waals surface area contributed by atoms with Crippen LogP contribution in [0, 0.1) is 0 Å². The van der Waals surface area contributed by atoms with Crippen LogP contribution in [0.15, 0.2) is 54.7 Å². The summed E-state index contributed by atoms with van der Waals surface area (Å²) in [5.41, 5.74) is 3.70. The normalized spacial score (nSPS) is 19.2. The number of carbonyl (C=O) groups excluding carboxylic acids is 1. The molecule has 166 valence electrons. The van der Waals surface area contributed by atoms with Gasteiger partial charge >= 0.3 is 0 Å². The molecule has 2 aromatic carbocycles. The van der Waals surface area contributed by atoms with Crippen LogP contribution in [0.1, 0.15) is 24.1 Å². The largest absolute Gasteiger partial charge is 0.497 e. The molecule has 1 fully saturated rings. The van der Waals surface area contributed by atoms with E-state index in [1.54, 1.807) is 21.3 Å². The number of rotatable bonds is 5. The van der Waals surface area contributed by atoms with Gasteiger partial charge in [-0.3, -0.25) is 4.79 Å². The zero-order valence-electron chi connectivity index (χ0n) is 18.6. The molecule has 1 N–H and O–H groups in total. The Bertz CT molecular complexity index is 1150. The molecule has 1 aromatic heterocycles. The van der Waals surface area contributed by atoms with Crippen molar-refractivity contribution in [1.82, 2.24) is 9.47 Å². The van der Waals surface area contributed by atoms with E-state index >= 15 is 0 Å². The number of amides is 1. The highest BCUT2D eigenvalue weighted by molar-refractivity contribution is 5.81. The van der Waals surface area contributed by atoms with Gasteiger partial charge in [0.05, 0.1) is 44.7 Å². The van der Waals surface area contributed by atoms with Crippen molar-refractivity contribution < 1.29 is 19.0 Å². The number of fused-ring (bicyclic) bond motifs is 4. The maximum absolute atomic E-state index is 13.3. The van der Waals surface area contributed by atoms with E-state index in [9.17, 15) is 4.79 Å². The fraction of sp³-hybridized carbons (Fsp3) is 0.320. The lowest BCUT2D eigenvalue weighted by molar-refractivity contribution is -0.136. The number of aromatic nitrogens is 1. The van der Waals surface area contributed by atoms with Crippen LogP contribution in [0.3, 0.4) is 0 Å². The third kappa shape index (κ3) is 3.34. The predicted molar refractivity (Wildman–Crippen MR) is 122 cm³/mol. The molecule has 3 heterocycles. The molecule has 32 heavy (non-hydrogen) atoms. The average molecular weight is 434 g/mol. The van der Waals surface area contributed by atoms with E-state index in [2.05, 4.69) is 22.1 Å². The summed E-state index contributed by atoms with van der Waals surface area (Å²) in [6.45, 7) is 1.17. The lowest BCUT2D eigenvalue weighted by atomic mass is 9.82. The fourth-order valence-corrected chi connectivity index (χ4v) is 4.83. The number of hydrogen-bond acceptors (Lipinski definition) is 5. The lowest BCUT2D eigenvalue weighted by Crippen LogP contribution is -2.51. The number of carbonyl (C=O) groups is 1. The molecule has 0 bridgehead atoms. The molecule has 1 atom stereocenters. The van der Waals surface area contributed by atoms with Crippen LogP contribution < -0.4 is 19.5 Å². The lowest BCUT2D eigenvalue weighted by Gasteiger charge is -2.45. The molecule has 1 saturated heterocycles. The molecule has 5 rings (SSSR count). The van der Waals surface area contributed by atoms with Crippen molar-refractivity contribution in [2.24, 2.45) is 0 Å². The van der Waals surface area contributed by atoms with Crippen molar-refractivity contribution in [3.63, 3.8) is 0 Å². The summed E-state index contributed by atoms with van der Waals surface area (Å²) >= 11 is 0. The van der Waals surface area contributed by atoms with E-state index in [0.717, 1.165) is 46.3 Å². The molecule has 2 aliphatic rings. The number of likely N-dealkylation sites (tertiary alicyclic amines) is 1. The number of piperidine rings is 1. The van der Waals surface area contributed by atoms with E-state index in [1.807, 2.05) is 47.4 Å². The number of nitrogens with one attached hydrogen (secondary N) is 1. The monoisotopic (exact) mass is 433 g/mol. The first kappa shape index (κ1) is 20.3. The van der Waals surface area contributed by atoms with Gasteiger partial charge in [0.25, 0.3) is 0 Å². The second kappa shape index (κ2) is 7.82. The Morgan fingerprint density at radius 2 is 1.72 bits per heavy atom. The molecule has 0 aliphatic carbocycles. The van der Waals surface area contributed by atoms with Crippen LogP contribution in [0.4, 0.5) is 5.69 Å². The van der Waals surface area contributed by atoms with E-state index < -0.39 is 5.54 Å². The number of benzene rings is 2. The fourth-order valence-electron chi connectivity index (χ4n) is 4.83. The summed E-state index contributed by atoms with van der Waals surface area (Å²) < 4.78 is 18.4. The second-order valence-corrected chi connectivity index (χ2v) is 8.32. The molecule has 1 spiro atoms. The predicted octanol–water partition coefficient (Wildman–Crippen LogP) is 3.95. The van der Waals surface area contributed by atoms with Gasteiger partial charge in [0.1, 0.15) is 17.2 Å². The Morgan fingerprint density at radius 1 is 0.969 bits per heavy atom. The molecule has 7 heteroatoms.